The minimum Gasteiger partial charge on any atom is -0.443 e. The zero-order chi connectivity index (χ0) is 12.6. The van der Waals surface area contributed by atoms with E-state index in [0.717, 1.165) is 17.8 Å². The van der Waals surface area contributed by atoms with Crippen LogP contribution in [0.2, 0.25) is 0 Å². The van der Waals surface area contributed by atoms with Crippen LogP contribution in [0.4, 0.5) is 16.2 Å². The molecule has 92 valence electrons. The summed E-state index contributed by atoms with van der Waals surface area (Å²) in [5, 5.41) is 0. The molecule has 1 aromatic heterocycles. The summed E-state index contributed by atoms with van der Waals surface area (Å²) in [4.78, 5) is 17.8. The summed E-state index contributed by atoms with van der Waals surface area (Å²) in [5.41, 5.74) is 7.40. The molecule has 0 aromatic carbocycles. The van der Waals surface area contributed by atoms with E-state index in [2.05, 4.69) is 4.98 Å². The lowest BCUT2D eigenvalue weighted by atomic mass is 10.2. The van der Waals surface area contributed by atoms with E-state index in [0.29, 0.717) is 12.2 Å². The van der Waals surface area contributed by atoms with Crippen molar-refractivity contribution in [2.75, 3.05) is 17.2 Å². The van der Waals surface area contributed by atoms with E-state index in [1.54, 1.807) is 17.2 Å². The standard InChI is InChI=1S/C12H17N3O2/c1-12(2,3)17-11(16)15-5-4-9-10(15)6-8(13)7-14-9/h6-7H,4-5,13H2,1-3H3. The Morgan fingerprint density at radius 1 is 1.53 bits per heavy atom. The first-order valence-corrected chi connectivity index (χ1v) is 5.62. The van der Waals surface area contributed by atoms with Gasteiger partial charge in [0.25, 0.3) is 0 Å². The number of hydrogen-bond donors (Lipinski definition) is 1. The summed E-state index contributed by atoms with van der Waals surface area (Å²) >= 11 is 0. The quantitative estimate of drug-likeness (QED) is 0.746. The SMILES string of the molecule is CC(C)(C)OC(=O)N1CCc2ncc(N)cc21. The lowest BCUT2D eigenvalue weighted by Gasteiger charge is -2.24. The molecule has 5 heteroatoms. The van der Waals surface area contributed by atoms with Gasteiger partial charge in [-0.15, -0.1) is 0 Å². The fourth-order valence-electron chi connectivity index (χ4n) is 1.77. The van der Waals surface area contributed by atoms with Crippen molar-refractivity contribution < 1.29 is 9.53 Å². The van der Waals surface area contributed by atoms with Crippen LogP contribution in [0.5, 0.6) is 0 Å². The average Bonchev–Trinajstić information content (AvgIpc) is 2.57. The molecule has 5 nitrogen and oxygen atoms in total. The van der Waals surface area contributed by atoms with Gasteiger partial charge in [0, 0.05) is 13.0 Å². The van der Waals surface area contributed by atoms with Crippen molar-refractivity contribution in [1.29, 1.82) is 0 Å². The zero-order valence-electron chi connectivity index (χ0n) is 10.4. The van der Waals surface area contributed by atoms with Crippen LogP contribution in [0.3, 0.4) is 0 Å². The number of fused-ring (bicyclic) bond motifs is 1. The minimum absolute atomic E-state index is 0.344. The number of hydrogen-bond acceptors (Lipinski definition) is 4. The second kappa shape index (κ2) is 3.91. The van der Waals surface area contributed by atoms with Gasteiger partial charge in [-0.25, -0.2) is 4.79 Å². The van der Waals surface area contributed by atoms with E-state index in [4.69, 9.17) is 10.5 Å². The lowest BCUT2D eigenvalue weighted by molar-refractivity contribution is 0.0584. The van der Waals surface area contributed by atoms with Gasteiger partial charge in [-0.05, 0) is 26.8 Å². The molecular weight excluding hydrogens is 218 g/mol. The molecule has 0 radical (unpaired) electrons. The Balaban J connectivity index is 2.22. The zero-order valence-corrected chi connectivity index (χ0v) is 10.4. The predicted octanol–water partition coefficient (Wildman–Crippen LogP) is 1.96. The van der Waals surface area contributed by atoms with E-state index in [1.165, 1.54) is 0 Å². The highest BCUT2D eigenvalue weighted by Crippen LogP contribution is 2.29. The van der Waals surface area contributed by atoms with Gasteiger partial charge in [-0.1, -0.05) is 0 Å². The molecule has 0 fully saturated rings. The van der Waals surface area contributed by atoms with Crippen molar-refractivity contribution in [3.8, 4) is 0 Å². The number of nitrogens with two attached hydrogens (primary N) is 1. The summed E-state index contributed by atoms with van der Waals surface area (Å²) in [7, 11) is 0. The molecule has 0 atom stereocenters. The third-order valence-corrected chi connectivity index (χ3v) is 2.45. The Labute approximate surface area is 101 Å². The molecule has 2 rings (SSSR count). The van der Waals surface area contributed by atoms with Gasteiger partial charge in [0.15, 0.2) is 0 Å². The molecule has 1 amide bonds. The van der Waals surface area contributed by atoms with E-state index in [-0.39, 0.29) is 6.09 Å². The van der Waals surface area contributed by atoms with Gasteiger partial charge in [0.1, 0.15) is 5.60 Å². The normalized spacial score (nSPS) is 14.6. The second-order valence-corrected chi connectivity index (χ2v) is 5.12. The molecule has 0 spiro atoms. The second-order valence-electron chi connectivity index (χ2n) is 5.12. The molecule has 2 heterocycles. The third-order valence-electron chi connectivity index (χ3n) is 2.45. The molecule has 1 aliphatic heterocycles. The van der Waals surface area contributed by atoms with Crippen LogP contribution < -0.4 is 10.6 Å². The number of nitrogens with zero attached hydrogens (tertiary/aromatic N) is 2. The van der Waals surface area contributed by atoms with E-state index in [9.17, 15) is 4.79 Å². The predicted molar refractivity (Wildman–Crippen MR) is 65.9 cm³/mol. The first-order valence-electron chi connectivity index (χ1n) is 5.62. The number of aromatic nitrogens is 1. The summed E-state index contributed by atoms with van der Waals surface area (Å²) < 4.78 is 5.34. The maximum Gasteiger partial charge on any atom is 0.414 e. The molecule has 0 saturated carbocycles. The maximum atomic E-state index is 12.0. The van der Waals surface area contributed by atoms with Crippen molar-refractivity contribution in [2.24, 2.45) is 0 Å². The summed E-state index contributed by atoms with van der Waals surface area (Å²) in [6.45, 7) is 6.14. The smallest absolute Gasteiger partial charge is 0.414 e. The van der Waals surface area contributed by atoms with E-state index >= 15 is 0 Å². The number of anilines is 2. The van der Waals surface area contributed by atoms with Crippen LogP contribution in [0.1, 0.15) is 26.5 Å². The monoisotopic (exact) mass is 235 g/mol. The molecule has 17 heavy (non-hydrogen) atoms. The highest BCUT2D eigenvalue weighted by Gasteiger charge is 2.29. The fourth-order valence-corrected chi connectivity index (χ4v) is 1.77. The summed E-state index contributed by atoms with van der Waals surface area (Å²) in [6.07, 6.45) is 2.01. The van der Waals surface area contributed by atoms with Gasteiger partial charge in [0.05, 0.1) is 23.3 Å². The number of ether oxygens (including phenoxy) is 1. The van der Waals surface area contributed by atoms with E-state index in [1.807, 2.05) is 20.8 Å². The van der Waals surface area contributed by atoms with Crippen molar-refractivity contribution in [2.45, 2.75) is 32.8 Å². The van der Waals surface area contributed by atoms with Gasteiger partial charge in [-0.2, -0.15) is 0 Å². The molecule has 0 unspecified atom stereocenters. The van der Waals surface area contributed by atoms with Crippen LogP contribution in [0, 0.1) is 0 Å². The molecule has 1 aromatic rings. The molecule has 1 aliphatic rings. The Kier molecular flexibility index (Phi) is 2.69. The number of carbonyl (C=O) groups excluding carboxylic acids is 1. The Morgan fingerprint density at radius 3 is 2.88 bits per heavy atom. The van der Waals surface area contributed by atoms with Gasteiger partial charge in [0.2, 0.25) is 0 Å². The highest BCUT2D eigenvalue weighted by atomic mass is 16.6. The van der Waals surface area contributed by atoms with Crippen LogP contribution in [0.25, 0.3) is 0 Å². The first-order chi connectivity index (χ1) is 7.87. The largest absolute Gasteiger partial charge is 0.443 e. The van der Waals surface area contributed by atoms with Crippen molar-refractivity contribution in [1.82, 2.24) is 4.98 Å². The number of carbonyl (C=O) groups is 1. The van der Waals surface area contributed by atoms with Crippen LogP contribution >= 0.6 is 0 Å². The van der Waals surface area contributed by atoms with E-state index < -0.39 is 5.60 Å². The lowest BCUT2D eigenvalue weighted by Crippen LogP contribution is -2.35. The highest BCUT2D eigenvalue weighted by molar-refractivity contribution is 5.90. The number of rotatable bonds is 0. The van der Waals surface area contributed by atoms with Crippen molar-refractivity contribution >= 4 is 17.5 Å². The van der Waals surface area contributed by atoms with Gasteiger partial charge in [-0.3, -0.25) is 9.88 Å². The first kappa shape index (κ1) is 11.7. The van der Waals surface area contributed by atoms with Crippen molar-refractivity contribution in [3.63, 3.8) is 0 Å². The Morgan fingerprint density at radius 2 is 2.24 bits per heavy atom. The molecule has 0 bridgehead atoms. The van der Waals surface area contributed by atoms with Crippen LogP contribution in [-0.4, -0.2) is 23.2 Å². The summed E-state index contributed by atoms with van der Waals surface area (Å²) in [5.74, 6) is 0. The molecule has 2 N–H and O–H groups in total. The topological polar surface area (TPSA) is 68.5 Å². The molecule has 0 aliphatic carbocycles. The Bertz CT molecular complexity index is 452. The maximum absolute atomic E-state index is 12.0. The molecular formula is C12H17N3O2. The number of nitrogen functional groups attached to an aromatic ring is 1. The van der Waals surface area contributed by atoms with Crippen molar-refractivity contribution in [3.05, 3.63) is 18.0 Å². The molecule has 0 saturated heterocycles. The Hall–Kier alpha value is -1.78. The number of amides is 1. The third kappa shape index (κ3) is 2.49. The summed E-state index contributed by atoms with van der Waals surface area (Å²) in [6, 6.07) is 1.76. The number of pyridine rings is 1. The fraction of sp³-hybridized carbons (Fsp3) is 0.500. The van der Waals surface area contributed by atoms with Gasteiger partial charge < -0.3 is 10.5 Å². The van der Waals surface area contributed by atoms with Gasteiger partial charge >= 0.3 is 6.09 Å². The average molecular weight is 235 g/mol. The van der Waals surface area contributed by atoms with Crippen LogP contribution in [0.15, 0.2) is 12.3 Å². The minimum atomic E-state index is -0.492. The van der Waals surface area contributed by atoms with Crippen LogP contribution in [-0.2, 0) is 11.2 Å².